The number of hydrogen-bond donors (Lipinski definition) is 0. The number of halogens is 1. The van der Waals surface area contributed by atoms with Crippen molar-refractivity contribution in [1.29, 1.82) is 0 Å². The topological polar surface area (TPSA) is 12.9 Å². The molecule has 0 unspecified atom stereocenters. The average molecular weight is 269 g/mol. The molecule has 1 nitrogen and oxygen atoms in total. The van der Waals surface area contributed by atoms with Crippen LogP contribution < -0.4 is 0 Å². The standard InChI is InChI=1S/C16H12FNS/c1-11-6-13(12-2-4-16(17)5-3-12)8-14(7-11)15-9-18-19-10-15/h2-10H,1H3. The highest BCUT2D eigenvalue weighted by atomic mass is 32.1. The van der Waals surface area contributed by atoms with E-state index in [-0.39, 0.29) is 5.82 Å². The Morgan fingerprint density at radius 2 is 1.58 bits per heavy atom. The first-order valence-electron chi connectivity index (χ1n) is 6.00. The third-order valence-electron chi connectivity index (χ3n) is 3.02. The Morgan fingerprint density at radius 1 is 0.895 bits per heavy atom. The van der Waals surface area contributed by atoms with E-state index in [0.717, 1.165) is 22.3 Å². The predicted octanol–water partition coefficient (Wildman–Crippen LogP) is 4.92. The van der Waals surface area contributed by atoms with Crippen molar-refractivity contribution in [1.82, 2.24) is 4.37 Å². The largest absolute Gasteiger partial charge is 0.207 e. The van der Waals surface area contributed by atoms with Crippen molar-refractivity contribution in [2.45, 2.75) is 6.92 Å². The minimum atomic E-state index is -0.210. The average Bonchev–Trinajstić information content (AvgIpc) is 2.93. The second-order valence-corrected chi connectivity index (χ2v) is 5.17. The molecule has 1 heterocycles. The van der Waals surface area contributed by atoms with Gasteiger partial charge in [0, 0.05) is 17.1 Å². The van der Waals surface area contributed by atoms with Gasteiger partial charge in [0.1, 0.15) is 5.82 Å². The van der Waals surface area contributed by atoms with Crippen LogP contribution in [0.5, 0.6) is 0 Å². The molecule has 3 rings (SSSR count). The van der Waals surface area contributed by atoms with Crippen LogP contribution in [0.4, 0.5) is 4.39 Å². The lowest BCUT2D eigenvalue weighted by Gasteiger charge is -2.07. The number of hydrogen-bond acceptors (Lipinski definition) is 2. The monoisotopic (exact) mass is 269 g/mol. The van der Waals surface area contributed by atoms with Crippen LogP contribution in [0.2, 0.25) is 0 Å². The Kier molecular flexibility index (Phi) is 3.13. The van der Waals surface area contributed by atoms with Gasteiger partial charge in [-0.3, -0.25) is 0 Å². The number of nitrogens with zero attached hydrogens (tertiary/aromatic N) is 1. The normalized spacial score (nSPS) is 10.6. The van der Waals surface area contributed by atoms with E-state index in [1.807, 2.05) is 11.6 Å². The van der Waals surface area contributed by atoms with Gasteiger partial charge in [0.05, 0.1) is 0 Å². The van der Waals surface area contributed by atoms with Gasteiger partial charge in [-0.2, -0.15) is 0 Å². The highest BCUT2D eigenvalue weighted by Gasteiger charge is 2.04. The van der Waals surface area contributed by atoms with Crippen LogP contribution in [-0.2, 0) is 0 Å². The van der Waals surface area contributed by atoms with Gasteiger partial charge < -0.3 is 0 Å². The summed E-state index contributed by atoms with van der Waals surface area (Å²) in [6.07, 6.45) is 1.87. The fourth-order valence-corrected chi connectivity index (χ4v) is 2.65. The summed E-state index contributed by atoms with van der Waals surface area (Å²) in [5.41, 5.74) is 5.57. The van der Waals surface area contributed by atoms with Crippen molar-refractivity contribution < 1.29 is 4.39 Å². The molecule has 94 valence electrons. The second-order valence-electron chi connectivity index (χ2n) is 4.51. The summed E-state index contributed by atoms with van der Waals surface area (Å²) in [4.78, 5) is 0. The zero-order chi connectivity index (χ0) is 13.2. The summed E-state index contributed by atoms with van der Waals surface area (Å²) in [5.74, 6) is -0.210. The number of benzene rings is 2. The lowest BCUT2D eigenvalue weighted by molar-refractivity contribution is 0.628. The summed E-state index contributed by atoms with van der Waals surface area (Å²) in [5, 5.41) is 2.03. The molecule has 0 aliphatic rings. The molecule has 3 aromatic rings. The molecule has 1 aromatic heterocycles. The fraction of sp³-hybridized carbons (Fsp3) is 0.0625. The molecule has 19 heavy (non-hydrogen) atoms. The van der Waals surface area contributed by atoms with Gasteiger partial charge in [-0.15, -0.1) is 0 Å². The quantitative estimate of drug-likeness (QED) is 0.643. The predicted molar refractivity (Wildman–Crippen MR) is 77.7 cm³/mol. The van der Waals surface area contributed by atoms with Crippen LogP contribution in [0, 0.1) is 12.7 Å². The van der Waals surface area contributed by atoms with Crippen LogP contribution in [0.25, 0.3) is 22.3 Å². The Labute approximate surface area is 115 Å². The van der Waals surface area contributed by atoms with E-state index in [9.17, 15) is 4.39 Å². The first-order valence-corrected chi connectivity index (χ1v) is 6.83. The van der Waals surface area contributed by atoms with Crippen LogP contribution in [-0.4, -0.2) is 4.37 Å². The zero-order valence-electron chi connectivity index (χ0n) is 10.4. The van der Waals surface area contributed by atoms with E-state index in [1.54, 1.807) is 12.1 Å². The molecule has 0 aliphatic carbocycles. The Hall–Kier alpha value is -2.00. The molecule has 0 amide bonds. The maximum atomic E-state index is 13.0. The van der Waals surface area contributed by atoms with Gasteiger partial charge in [0.2, 0.25) is 0 Å². The number of aromatic nitrogens is 1. The molecule has 0 N–H and O–H groups in total. The first kappa shape index (κ1) is 12.1. The van der Waals surface area contributed by atoms with Gasteiger partial charge in [-0.25, -0.2) is 8.76 Å². The zero-order valence-corrected chi connectivity index (χ0v) is 11.2. The van der Waals surface area contributed by atoms with E-state index in [2.05, 4.69) is 29.5 Å². The van der Waals surface area contributed by atoms with Gasteiger partial charge >= 0.3 is 0 Å². The van der Waals surface area contributed by atoms with Crippen molar-refractivity contribution in [3.63, 3.8) is 0 Å². The third kappa shape index (κ3) is 2.56. The van der Waals surface area contributed by atoms with E-state index in [4.69, 9.17) is 0 Å². The highest BCUT2D eigenvalue weighted by molar-refractivity contribution is 7.03. The molecule has 0 fully saturated rings. The highest BCUT2D eigenvalue weighted by Crippen LogP contribution is 2.28. The molecule has 0 saturated heterocycles. The minimum Gasteiger partial charge on any atom is -0.207 e. The molecule has 0 spiro atoms. The second kappa shape index (κ2) is 4.94. The summed E-state index contributed by atoms with van der Waals surface area (Å²) < 4.78 is 17.1. The van der Waals surface area contributed by atoms with E-state index in [1.165, 1.54) is 29.2 Å². The van der Waals surface area contributed by atoms with E-state index >= 15 is 0 Å². The van der Waals surface area contributed by atoms with E-state index in [0.29, 0.717) is 0 Å². The van der Waals surface area contributed by atoms with Gasteiger partial charge in [-0.05, 0) is 58.9 Å². The van der Waals surface area contributed by atoms with E-state index < -0.39 is 0 Å². The summed E-state index contributed by atoms with van der Waals surface area (Å²) in [7, 11) is 0. The number of rotatable bonds is 2. The molecule has 0 aliphatic heterocycles. The van der Waals surface area contributed by atoms with Crippen LogP contribution in [0.3, 0.4) is 0 Å². The molecule has 0 atom stereocenters. The van der Waals surface area contributed by atoms with Crippen LogP contribution >= 0.6 is 11.5 Å². The van der Waals surface area contributed by atoms with Gasteiger partial charge in [0.15, 0.2) is 0 Å². The lowest BCUT2D eigenvalue weighted by Crippen LogP contribution is -1.84. The van der Waals surface area contributed by atoms with Gasteiger partial charge in [0.25, 0.3) is 0 Å². The summed E-state index contributed by atoms with van der Waals surface area (Å²) in [6, 6.07) is 12.9. The van der Waals surface area contributed by atoms with Crippen molar-refractivity contribution >= 4 is 11.5 Å². The molecule has 0 radical (unpaired) electrons. The first-order chi connectivity index (χ1) is 9.22. The lowest BCUT2D eigenvalue weighted by atomic mass is 9.98. The molecule has 2 aromatic carbocycles. The summed E-state index contributed by atoms with van der Waals surface area (Å²) in [6.45, 7) is 2.07. The maximum absolute atomic E-state index is 13.0. The summed E-state index contributed by atoms with van der Waals surface area (Å²) >= 11 is 1.44. The smallest absolute Gasteiger partial charge is 0.123 e. The maximum Gasteiger partial charge on any atom is 0.123 e. The minimum absolute atomic E-state index is 0.210. The van der Waals surface area contributed by atoms with Crippen molar-refractivity contribution in [3.05, 3.63) is 65.4 Å². The molecular formula is C16H12FNS. The Balaban J connectivity index is 2.10. The molecule has 0 bridgehead atoms. The molecule has 3 heteroatoms. The Morgan fingerprint density at radius 3 is 2.21 bits per heavy atom. The van der Waals surface area contributed by atoms with Crippen LogP contribution in [0.1, 0.15) is 5.56 Å². The van der Waals surface area contributed by atoms with Crippen molar-refractivity contribution in [2.24, 2.45) is 0 Å². The van der Waals surface area contributed by atoms with Crippen LogP contribution in [0.15, 0.2) is 54.0 Å². The van der Waals surface area contributed by atoms with Crippen molar-refractivity contribution in [2.75, 3.05) is 0 Å². The molecule has 0 saturated carbocycles. The Bertz CT molecular complexity index is 687. The SMILES string of the molecule is Cc1cc(-c2ccc(F)cc2)cc(-c2cnsc2)c1. The van der Waals surface area contributed by atoms with Gasteiger partial charge in [-0.1, -0.05) is 24.3 Å². The number of aryl methyl sites for hydroxylation is 1. The molecular weight excluding hydrogens is 257 g/mol. The van der Waals surface area contributed by atoms with Crippen molar-refractivity contribution in [3.8, 4) is 22.3 Å². The fourth-order valence-electron chi connectivity index (χ4n) is 2.11. The third-order valence-corrected chi connectivity index (χ3v) is 3.61.